The molecule has 132 valence electrons. The Bertz CT molecular complexity index is 744. The van der Waals surface area contributed by atoms with Crippen LogP contribution >= 0.6 is 0 Å². The number of benzene rings is 1. The second-order valence-corrected chi connectivity index (χ2v) is 6.31. The van der Waals surface area contributed by atoms with Crippen molar-refractivity contribution in [3.63, 3.8) is 0 Å². The second-order valence-electron chi connectivity index (χ2n) is 6.31. The molecule has 2 rings (SSSR count). The van der Waals surface area contributed by atoms with Gasteiger partial charge in [-0.05, 0) is 45.0 Å². The van der Waals surface area contributed by atoms with Gasteiger partial charge in [-0.2, -0.15) is 10.4 Å². The van der Waals surface area contributed by atoms with Gasteiger partial charge in [-0.1, -0.05) is 19.1 Å². The molecule has 1 N–H and O–H groups in total. The summed E-state index contributed by atoms with van der Waals surface area (Å²) in [6.07, 6.45) is 2.64. The molecule has 6 heteroatoms. The summed E-state index contributed by atoms with van der Waals surface area (Å²) in [5.41, 5.74) is 1.70. The molecule has 0 aliphatic carbocycles. The average Bonchev–Trinajstić information content (AvgIpc) is 3.08. The van der Waals surface area contributed by atoms with Gasteiger partial charge < -0.3 is 5.32 Å². The van der Waals surface area contributed by atoms with E-state index in [1.54, 1.807) is 18.3 Å². The van der Waals surface area contributed by atoms with Gasteiger partial charge in [0.05, 0.1) is 29.9 Å². The van der Waals surface area contributed by atoms with Gasteiger partial charge in [-0.3, -0.25) is 9.69 Å². The number of aromatic nitrogens is 2. The molecule has 1 aromatic heterocycles. The number of rotatable bonds is 7. The first-order chi connectivity index (χ1) is 12.0. The highest BCUT2D eigenvalue weighted by Crippen LogP contribution is 2.17. The van der Waals surface area contributed by atoms with Crippen molar-refractivity contribution < 1.29 is 4.79 Å². The van der Waals surface area contributed by atoms with E-state index in [1.807, 2.05) is 41.8 Å². The van der Waals surface area contributed by atoms with Crippen molar-refractivity contribution in [1.82, 2.24) is 14.7 Å². The molecule has 0 aliphatic heterocycles. The number of hydrogen-bond acceptors (Lipinski definition) is 4. The maximum Gasteiger partial charge on any atom is 0.242 e. The Labute approximate surface area is 149 Å². The smallest absolute Gasteiger partial charge is 0.242 e. The first kappa shape index (κ1) is 18.7. The van der Waals surface area contributed by atoms with E-state index in [2.05, 4.69) is 30.3 Å². The number of carbonyl (C=O) groups is 1. The molecule has 25 heavy (non-hydrogen) atoms. The van der Waals surface area contributed by atoms with Crippen LogP contribution in [0.25, 0.3) is 0 Å². The Morgan fingerprint density at radius 2 is 2.00 bits per heavy atom. The molecule has 1 heterocycles. The fourth-order valence-corrected chi connectivity index (χ4v) is 2.48. The topological polar surface area (TPSA) is 74.0 Å². The van der Waals surface area contributed by atoms with Gasteiger partial charge in [-0.25, -0.2) is 4.68 Å². The predicted octanol–water partition coefficient (Wildman–Crippen LogP) is 3.18. The molecule has 0 bridgehead atoms. The minimum absolute atomic E-state index is 0.0683. The summed E-state index contributed by atoms with van der Waals surface area (Å²) < 4.78 is 1.84. The molecule has 2 atom stereocenters. The molecule has 1 amide bonds. The Hall–Kier alpha value is -2.65. The second kappa shape index (κ2) is 8.45. The highest BCUT2D eigenvalue weighted by atomic mass is 16.2. The molecular formula is C19H25N5O. The number of nitrogens with zero attached hydrogens (tertiary/aromatic N) is 4. The fraction of sp³-hybridized carbons (Fsp3) is 0.421. The van der Waals surface area contributed by atoms with Crippen molar-refractivity contribution in [2.75, 3.05) is 12.4 Å². The van der Waals surface area contributed by atoms with Crippen LogP contribution in [-0.2, 0) is 11.3 Å². The van der Waals surface area contributed by atoms with Crippen LogP contribution in [0.3, 0.4) is 0 Å². The zero-order valence-corrected chi connectivity index (χ0v) is 15.2. The van der Waals surface area contributed by atoms with Gasteiger partial charge >= 0.3 is 0 Å². The number of anilines is 1. The molecule has 0 saturated carbocycles. The Morgan fingerprint density at radius 3 is 2.60 bits per heavy atom. The average molecular weight is 339 g/mol. The number of likely N-dealkylation sites (N-methyl/N-ethyl adjacent to an activating group) is 1. The standard InChI is InChI=1S/C19H25N5O/c1-5-14(2)24-18(10-11-21-24)22-19(25)15(3)23(4)13-17-8-6-16(12-20)7-9-17/h6-11,14-15H,5,13H2,1-4H3,(H,22,25). The summed E-state index contributed by atoms with van der Waals surface area (Å²) in [4.78, 5) is 14.5. The van der Waals surface area contributed by atoms with Crippen LogP contribution in [0.15, 0.2) is 36.5 Å². The zero-order valence-electron chi connectivity index (χ0n) is 15.2. The van der Waals surface area contributed by atoms with Crippen molar-refractivity contribution in [2.45, 2.75) is 45.8 Å². The van der Waals surface area contributed by atoms with Crippen LogP contribution in [0, 0.1) is 11.3 Å². The summed E-state index contributed by atoms with van der Waals surface area (Å²) in [7, 11) is 1.91. The molecule has 6 nitrogen and oxygen atoms in total. The van der Waals surface area contributed by atoms with Crippen LogP contribution in [0.5, 0.6) is 0 Å². The Morgan fingerprint density at radius 1 is 1.32 bits per heavy atom. The molecule has 0 fully saturated rings. The van der Waals surface area contributed by atoms with Crippen molar-refractivity contribution in [1.29, 1.82) is 5.26 Å². The first-order valence-corrected chi connectivity index (χ1v) is 8.50. The lowest BCUT2D eigenvalue weighted by atomic mass is 10.1. The quantitative estimate of drug-likeness (QED) is 0.841. The van der Waals surface area contributed by atoms with Crippen molar-refractivity contribution in [3.8, 4) is 6.07 Å². The molecule has 0 saturated heterocycles. The molecule has 0 spiro atoms. The maximum absolute atomic E-state index is 12.6. The van der Waals surface area contributed by atoms with Gasteiger partial charge in [0.1, 0.15) is 5.82 Å². The third-order valence-electron chi connectivity index (χ3n) is 4.49. The molecule has 2 unspecified atom stereocenters. The van der Waals surface area contributed by atoms with Crippen molar-refractivity contribution in [2.24, 2.45) is 0 Å². The number of hydrogen-bond donors (Lipinski definition) is 1. The van der Waals surface area contributed by atoms with Gasteiger partial charge in [0.15, 0.2) is 0 Å². The molecule has 2 aromatic rings. The minimum Gasteiger partial charge on any atom is -0.310 e. The van der Waals surface area contributed by atoms with E-state index in [4.69, 9.17) is 5.26 Å². The van der Waals surface area contributed by atoms with Crippen LogP contribution in [0.2, 0.25) is 0 Å². The Balaban J connectivity index is 1.99. The van der Waals surface area contributed by atoms with Gasteiger partial charge in [0.25, 0.3) is 0 Å². The maximum atomic E-state index is 12.6. The van der Waals surface area contributed by atoms with Crippen LogP contribution in [-0.4, -0.2) is 33.7 Å². The van der Waals surface area contributed by atoms with Crippen molar-refractivity contribution >= 4 is 11.7 Å². The molecule has 1 aromatic carbocycles. The number of nitriles is 1. The van der Waals surface area contributed by atoms with E-state index in [0.29, 0.717) is 12.1 Å². The van der Waals surface area contributed by atoms with E-state index in [1.165, 1.54) is 0 Å². The van der Waals surface area contributed by atoms with Gasteiger partial charge in [0.2, 0.25) is 5.91 Å². The largest absolute Gasteiger partial charge is 0.310 e. The summed E-state index contributed by atoms with van der Waals surface area (Å²) in [5.74, 6) is 0.652. The van der Waals surface area contributed by atoms with Crippen LogP contribution < -0.4 is 5.32 Å². The SMILES string of the molecule is CCC(C)n1nccc1NC(=O)C(C)N(C)Cc1ccc(C#N)cc1. The van der Waals surface area contributed by atoms with E-state index in [0.717, 1.165) is 17.8 Å². The molecule has 0 radical (unpaired) electrons. The number of nitrogens with one attached hydrogen (secondary N) is 1. The summed E-state index contributed by atoms with van der Waals surface area (Å²) in [6.45, 7) is 6.67. The zero-order chi connectivity index (χ0) is 18.4. The van der Waals surface area contributed by atoms with Gasteiger partial charge in [0, 0.05) is 12.6 Å². The van der Waals surface area contributed by atoms with Crippen molar-refractivity contribution in [3.05, 3.63) is 47.7 Å². The lowest BCUT2D eigenvalue weighted by Crippen LogP contribution is -2.39. The molecular weight excluding hydrogens is 314 g/mol. The van der Waals surface area contributed by atoms with Crippen LogP contribution in [0.1, 0.15) is 44.4 Å². The number of amides is 1. The summed E-state index contributed by atoms with van der Waals surface area (Å²) in [6, 6.07) is 11.3. The molecule has 0 aliphatic rings. The first-order valence-electron chi connectivity index (χ1n) is 8.50. The minimum atomic E-state index is -0.295. The highest BCUT2D eigenvalue weighted by molar-refractivity contribution is 5.93. The van der Waals surface area contributed by atoms with Crippen LogP contribution in [0.4, 0.5) is 5.82 Å². The Kier molecular flexibility index (Phi) is 6.31. The highest BCUT2D eigenvalue weighted by Gasteiger charge is 2.20. The third-order valence-corrected chi connectivity index (χ3v) is 4.49. The lowest BCUT2D eigenvalue weighted by Gasteiger charge is -2.24. The monoisotopic (exact) mass is 339 g/mol. The van der Waals surface area contributed by atoms with E-state index >= 15 is 0 Å². The predicted molar refractivity (Wildman–Crippen MR) is 97.9 cm³/mol. The van der Waals surface area contributed by atoms with Gasteiger partial charge in [-0.15, -0.1) is 0 Å². The normalized spacial score (nSPS) is 13.3. The van der Waals surface area contributed by atoms with E-state index in [-0.39, 0.29) is 18.0 Å². The lowest BCUT2D eigenvalue weighted by molar-refractivity contribution is -0.120. The van der Waals surface area contributed by atoms with E-state index < -0.39 is 0 Å². The summed E-state index contributed by atoms with van der Waals surface area (Å²) >= 11 is 0. The van der Waals surface area contributed by atoms with E-state index in [9.17, 15) is 4.79 Å². The third kappa shape index (κ3) is 4.68. The summed E-state index contributed by atoms with van der Waals surface area (Å²) in [5, 5.41) is 16.1. The number of carbonyl (C=O) groups excluding carboxylic acids is 1. The fourth-order valence-electron chi connectivity index (χ4n) is 2.48.